The Morgan fingerprint density at radius 2 is 1.04 bits per heavy atom. The molecule has 7 nitrogen and oxygen atoms in total. The smallest absolute Gasteiger partial charge is 0.182 e. The predicted molar refractivity (Wildman–Crippen MR) is 222 cm³/mol. The fraction of sp³-hybridized carbons (Fsp3) is 0.0816. The Morgan fingerprint density at radius 1 is 0.482 bits per heavy atom. The number of nitrogens with zero attached hydrogens (tertiary/aromatic N) is 7. The van der Waals surface area contributed by atoms with Crippen molar-refractivity contribution in [3.8, 4) is 67.9 Å². The van der Waals surface area contributed by atoms with E-state index < -0.39 is 5.41 Å². The lowest BCUT2D eigenvalue weighted by molar-refractivity contribution is 0.769. The van der Waals surface area contributed by atoms with Crippen LogP contribution in [0.4, 0.5) is 0 Å². The third-order valence-corrected chi connectivity index (χ3v) is 11.3. The minimum atomic E-state index is -0.484. The SMILES string of the molecule is CC1C=C(c2ccc(-c3nc(-c4ccc5c(c4)C4(c6ccccc6-c6ccccc64)c4ccccc4-5)nc(-c4ccc(-c5ccccn5)cn4)n3)nc2)N=CC1. The summed E-state index contributed by atoms with van der Waals surface area (Å²) in [6.45, 7) is 2.20. The van der Waals surface area contributed by atoms with Gasteiger partial charge < -0.3 is 0 Å². The van der Waals surface area contributed by atoms with Crippen molar-refractivity contribution >= 4 is 11.9 Å². The minimum absolute atomic E-state index is 0.429. The Labute approximate surface area is 324 Å². The number of fused-ring (bicyclic) bond motifs is 10. The van der Waals surface area contributed by atoms with Gasteiger partial charge in [0.2, 0.25) is 0 Å². The summed E-state index contributed by atoms with van der Waals surface area (Å²) in [5.41, 5.74) is 15.4. The molecule has 1 atom stereocenters. The molecule has 0 fully saturated rings. The Kier molecular flexibility index (Phi) is 7.29. The molecule has 0 radical (unpaired) electrons. The number of benzene rings is 4. The maximum absolute atomic E-state index is 5.13. The minimum Gasteiger partial charge on any atom is -0.261 e. The molecule has 3 aliphatic rings. The Bertz CT molecular complexity index is 2830. The molecule has 0 saturated carbocycles. The van der Waals surface area contributed by atoms with Crippen LogP contribution in [0, 0.1) is 5.92 Å². The summed E-state index contributed by atoms with van der Waals surface area (Å²) < 4.78 is 0. The molecule has 56 heavy (non-hydrogen) atoms. The maximum atomic E-state index is 5.13. The summed E-state index contributed by atoms with van der Waals surface area (Å²) in [7, 11) is 0. The second-order valence-electron chi connectivity index (χ2n) is 14.6. The summed E-state index contributed by atoms with van der Waals surface area (Å²) in [5, 5.41) is 0. The van der Waals surface area contributed by atoms with Crippen LogP contribution in [0.5, 0.6) is 0 Å². The van der Waals surface area contributed by atoms with Gasteiger partial charge >= 0.3 is 0 Å². The molecular weight excluding hydrogens is 687 g/mol. The Hall–Kier alpha value is -7.25. The lowest BCUT2D eigenvalue weighted by atomic mass is 9.70. The molecule has 2 aliphatic carbocycles. The molecular formula is C49H33N7. The molecule has 8 aromatic rings. The van der Waals surface area contributed by atoms with Gasteiger partial charge in [0.15, 0.2) is 17.5 Å². The van der Waals surface area contributed by atoms with E-state index in [0.717, 1.165) is 34.5 Å². The first-order valence-corrected chi connectivity index (χ1v) is 18.9. The zero-order valence-corrected chi connectivity index (χ0v) is 30.5. The molecule has 1 unspecified atom stereocenters. The molecule has 1 spiro atoms. The molecule has 1 aliphatic heterocycles. The van der Waals surface area contributed by atoms with E-state index in [1.165, 1.54) is 44.5 Å². The zero-order chi connectivity index (χ0) is 37.2. The van der Waals surface area contributed by atoms with Gasteiger partial charge in [0.05, 0.1) is 16.8 Å². The molecule has 4 aromatic heterocycles. The van der Waals surface area contributed by atoms with Gasteiger partial charge in [-0.1, -0.05) is 104 Å². The summed E-state index contributed by atoms with van der Waals surface area (Å²) >= 11 is 0. The predicted octanol–water partition coefficient (Wildman–Crippen LogP) is 10.5. The van der Waals surface area contributed by atoms with Crippen LogP contribution in [-0.2, 0) is 5.41 Å². The average Bonchev–Trinajstić information content (AvgIpc) is 3.74. The van der Waals surface area contributed by atoms with Crippen molar-refractivity contribution in [2.75, 3.05) is 0 Å². The Balaban J connectivity index is 1.09. The van der Waals surface area contributed by atoms with E-state index in [1.807, 2.05) is 61.1 Å². The second kappa shape index (κ2) is 12.7. The van der Waals surface area contributed by atoms with Crippen molar-refractivity contribution in [3.63, 3.8) is 0 Å². The molecule has 11 rings (SSSR count). The van der Waals surface area contributed by atoms with Crippen LogP contribution in [0.25, 0.3) is 73.6 Å². The number of aromatic nitrogens is 6. The van der Waals surface area contributed by atoms with E-state index in [1.54, 1.807) is 6.20 Å². The molecule has 264 valence electrons. The zero-order valence-electron chi connectivity index (χ0n) is 30.5. The topological polar surface area (TPSA) is 89.7 Å². The number of aliphatic imine (C=N–C) groups is 1. The first-order chi connectivity index (χ1) is 27.6. The van der Waals surface area contributed by atoms with E-state index >= 15 is 0 Å². The van der Waals surface area contributed by atoms with Crippen molar-refractivity contribution < 1.29 is 0 Å². The fourth-order valence-corrected chi connectivity index (χ4v) is 8.73. The average molecular weight is 720 g/mol. The number of pyridine rings is 3. The maximum Gasteiger partial charge on any atom is 0.182 e. The second-order valence-corrected chi connectivity index (χ2v) is 14.6. The molecule has 0 amide bonds. The van der Waals surface area contributed by atoms with Crippen molar-refractivity contribution in [1.29, 1.82) is 0 Å². The first-order valence-electron chi connectivity index (χ1n) is 18.9. The molecule has 0 saturated heterocycles. The number of hydrogen-bond acceptors (Lipinski definition) is 7. The largest absolute Gasteiger partial charge is 0.261 e. The van der Waals surface area contributed by atoms with E-state index in [-0.39, 0.29) is 0 Å². The van der Waals surface area contributed by atoms with Crippen LogP contribution in [0.2, 0.25) is 0 Å². The molecule has 5 heterocycles. The van der Waals surface area contributed by atoms with Gasteiger partial charge in [0.1, 0.15) is 11.4 Å². The van der Waals surface area contributed by atoms with Crippen molar-refractivity contribution in [1.82, 2.24) is 29.9 Å². The highest BCUT2D eigenvalue weighted by Crippen LogP contribution is 2.63. The summed E-state index contributed by atoms with van der Waals surface area (Å²) in [6.07, 6.45) is 10.6. The summed E-state index contributed by atoms with van der Waals surface area (Å²) in [5.74, 6) is 1.91. The first kappa shape index (κ1) is 32.2. The normalized spacial score (nSPS) is 15.5. The fourth-order valence-electron chi connectivity index (χ4n) is 8.73. The molecule has 0 N–H and O–H groups in total. The van der Waals surface area contributed by atoms with Gasteiger partial charge in [0, 0.05) is 41.5 Å². The highest BCUT2D eigenvalue weighted by molar-refractivity contribution is 5.95. The van der Waals surface area contributed by atoms with Crippen LogP contribution >= 0.6 is 0 Å². The van der Waals surface area contributed by atoms with Crippen LogP contribution < -0.4 is 0 Å². The van der Waals surface area contributed by atoms with E-state index in [9.17, 15) is 0 Å². The number of allylic oxidation sites excluding steroid dienone is 1. The van der Waals surface area contributed by atoms with Crippen LogP contribution in [0.15, 0.2) is 163 Å². The van der Waals surface area contributed by atoms with Crippen molar-refractivity contribution in [2.45, 2.75) is 18.8 Å². The van der Waals surface area contributed by atoms with Gasteiger partial charge in [-0.05, 0) is 99.3 Å². The van der Waals surface area contributed by atoms with Gasteiger partial charge in [-0.15, -0.1) is 0 Å². The third kappa shape index (κ3) is 4.94. The van der Waals surface area contributed by atoms with E-state index in [2.05, 4.69) is 114 Å². The highest BCUT2D eigenvalue weighted by atomic mass is 15.1. The van der Waals surface area contributed by atoms with Crippen LogP contribution in [-0.4, -0.2) is 36.1 Å². The standard InChI is InChI=1S/C49H33N7/c1-30-23-25-51-45(26-30)33-19-22-44(53-29-33)48-55-46(54-47(56-48)43-21-18-32(28-52-43)42-16-8-9-24-50-42)31-17-20-37-36-12-4-7-15-40(36)49(41(37)27-31)38-13-5-2-10-34(38)35-11-3-6-14-39(35)49/h2-22,24-30H,23H2,1H3. The monoisotopic (exact) mass is 719 g/mol. The molecule has 7 heteroatoms. The number of hydrogen-bond donors (Lipinski definition) is 0. The van der Waals surface area contributed by atoms with Gasteiger partial charge in [-0.2, -0.15) is 0 Å². The van der Waals surface area contributed by atoms with E-state index in [4.69, 9.17) is 24.9 Å². The summed E-state index contributed by atoms with van der Waals surface area (Å²) in [6, 6.07) is 47.0. The quantitative estimate of drug-likeness (QED) is 0.176. The van der Waals surface area contributed by atoms with Gasteiger partial charge in [0.25, 0.3) is 0 Å². The van der Waals surface area contributed by atoms with Crippen molar-refractivity contribution in [2.24, 2.45) is 10.9 Å². The van der Waals surface area contributed by atoms with Crippen molar-refractivity contribution in [3.05, 3.63) is 186 Å². The third-order valence-electron chi connectivity index (χ3n) is 11.3. The molecule has 0 bridgehead atoms. The highest BCUT2D eigenvalue weighted by Gasteiger charge is 2.51. The van der Waals surface area contributed by atoms with Crippen LogP contribution in [0.3, 0.4) is 0 Å². The van der Waals surface area contributed by atoms with Gasteiger partial charge in [-0.3, -0.25) is 19.9 Å². The van der Waals surface area contributed by atoms with E-state index in [0.29, 0.717) is 34.8 Å². The lowest BCUT2D eigenvalue weighted by Gasteiger charge is -2.30. The molecule has 4 aromatic carbocycles. The lowest BCUT2D eigenvalue weighted by Crippen LogP contribution is -2.25. The number of rotatable bonds is 5. The Morgan fingerprint density at radius 3 is 1.61 bits per heavy atom. The summed E-state index contributed by atoms with van der Waals surface area (Å²) in [4.78, 5) is 34.1. The van der Waals surface area contributed by atoms with Gasteiger partial charge in [-0.25, -0.2) is 15.0 Å². The van der Waals surface area contributed by atoms with Crippen LogP contribution in [0.1, 0.15) is 41.2 Å².